The van der Waals surface area contributed by atoms with Gasteiger partial charge in [0.1, 0.15) is 5.75 Å². The second-order valence-corrected chi connectivity index (χ2v) is 6.57. The summed E-state index contributed by atoms with van der Waals surface area (Å²) in [5.41, 5.74) is 5.28. The third kappa shape index (κ3) is 4.70. The predicted octanol–water partition coefficient (Wildman–Crippen LogP) is 4.48. The highest BCUT2D eigenvalue weighted by Gasteiger charge is 2.09. The van der Waals surface area contributed by atoms with Crippen LogP contribution in [0.4, 0.5) is 10.5 Å². The normalized spacial score (nSPS) is 10.5. The highest BCUT2D eigenvalue weighted by atomic mass is 16.5. The summed E-state index contributed by atoms with van der Waals surface area (Å²) in [7, 11) is 1.59. The molecule has 2 N–H and O–H groups in total. The van der Waals surface area contributed by atoms with E-state index in [1.807, 2.05) is 55.6 Å². The van der Waals surface area contributed by atoms with Crippen LogP contribution in [0.1, 0.15) is 22.4 Å². The molecule has 140 valence electrons. The molecule has 0 atom stereocenters. The lowest BCUT2D eigenvalue weighted by atomic mass is 10.1. The first-order chi connectivity index (χ1) is 13.1. The van der Waals surface area contributed by atoms with E-state index in [0.717, 1.165) is 17.8 Å². The Morgan fingerprint density at radius 2 is 1.89 bits per heavy atom. The Bertz CT molecular complexity index is 931. The lowest BCUT2D eigenvalue weighted by molar-refractivity contribution is 0.251. The Labute approximate surface area is 160 Å². The summed E-state index contributed by atoms with van der Waals surface area (Å²) in [6.45, 7) is 5.31. The van der Waals surface area contributed by atoms with Gasteiger partial charge in [-0.2, -0.15) is 0 Å². The van der Waals surface area contributed by atoms with Gasteiger partial charge in [0.2, 0.25) is 0 Å². The number of urea groups is 1. The molecular weight excluding hydrogens is 338 g/mol. The monoisotopic (exact) mass is 363 g/mol. The zero-order chi connectivity index (χ0) is 19.2. The second-order valence-electron chi connectivity index (χ2n) is 6.57. The lowest BCUT2D eigenvalue weighted by Crippen LogP contribution is -2.29. The van der Waals surface area contributed by atoms with Crippen LogP contribution < -0.4 is 15.4 Å². The summed E-state index contributed by atoms with van der Waals surface area (Å²) >= 11 is 0. The van der Waals surface area contributed by atoms with E-state index in [0.29, 0.717) is 18.0 Å². The molecule has 0 aliphatic carbocycles. The van der Waals surface area contributed by atoms with Crippen molar-refractivity contribution in [1.82, 2.24) is 9.88 Å². The first-order valence-corrected chi connectivity index (χ1v) is 8.95. The zero-order valence-electron chi connectivity index (χ0n) is 16.0. The van der Waals surface area contributed by atoms with Crippen LogP contribution in [0.2, 0.25) is 0 Å². The Balaban J connectivity index is 1.63. The molecule has 0 radical (unpaired) electrons. The summed E-state index contributed by atoms with van der Waals surface area (Å²) < 4.78 is 7.45. The number of carbonyl (C=O) groups is 1. The van der Waals surface area contributed by atoms with Gasteiger partial charge in [-0.3, -0.25) is 0 Å². The van der Waals surface area contributed by atoms with Crippen LogP contribution in [0.5, 0.6) is 5.75 Å². The van der Waals surface area contributed by atoms with Crippen LogP contribution in [-0.4, -0.2) is 17.7 Å². The summed E-state index contributed by atoms with van der Waals surface area (Å²) in [5, 5.41) is 5.78. The van der Waals surface area contributed by atoms with Crippen molar-refractivity contribution in [2.45, 2.75) is 26.9 Å². The zero-order valence-corrected chi connectivity index (χ0v) is 16.0. The molecule has 5 nitrogen and oxygen atoms in total. The van der Waals surface area contributed by atoms with Gasteiger partial charge in [-0.05, 0) is 54.8 Å². The van der Waals surface area contributed by atoms with Crippen molar-refractivity contribution in [3.8, 4) is 5.75 Å². The molecular formula is C22H25N3O2. The molecule has 3 rings (SSSR count). The van der Waals surface area contributed by atoms with Crippen LogP contribution in [0.25, 0.3) is 0 Å². The van der Waals surface area contributed by atoms with Gasteiger partial charge in [-0.1, -0.05) is 30.3 Å². The minimum atomic E-state index is -0.262. The van der Waals surface area contributed by atoms with Crippen LogP contribution in [-0.2, 0) is 13.1 Å². The smallest absolute Gasteiger partial charge is 0.319 e. The fraction of sp³-hybridized carbons (Fsp3) is 0.227. The van der Waals surface area contributed by atoms with Crippen molar-refractivity contribution in [3.05, 3.63) is 83.2 Å². The second kappa shape index (κ2) is 8.45. The number of carbonyl (C=O) groups excluding carboxylic acids is 1. The van der Waals surface area contributed by atoms with Crippen molar-refractivity contribution >= 4 is 11.7 Å². The minimum absolute atomic E-state index is 0.262. The van der Waals surface area contributed by atoms with Crippen LogP contribution in [0.3, 0.4) is 0 Å². The molecule has 0 spiro atoms. The van der Waals surface area contributed by atoms with E-state index in [1.54, 1.807) is 7.11 Å². The molecule has 0 fully saturated rings. The van der Waals surface area contributed by atoms with Crippen molar-refractivity contribution in [2.75, 3.05) is 12.4 Å². The molecule has 0 unspecified atom stereocenters. The maximum Gasteiger partial charge on any atom is 0.319 e. The summed E-state index contributed by atoms with van der Waals surface area (Å²) in [4.78, 5) is 12.3. The number of nitrogens with one attached hydrogen (secondary N) is 2. The molecule has 1 heterocycles. The fourth-order valence-electron chi connectivity index (χ4n) is 2.99. The number of nitrogens with zero attached hydrogens (tertiary/aromatic N) is 1. The quantitative estimate of drug-likeness (QED) is 0.678. The summed E-state index contributed by atoms with van der Waals surface area (Å²) in [6.07, 6.45) is 2.03. The van der Waals surface area contributed by atoms with E-state index >= 15 is 0 Å². The number of ether oxygens (including phenoxy) is 1. The molecule has 3 aromatic rings. The number of methoxy groups -OCH3 is 1. The molecule has 27 heavy (non-hydrogen) atoms. The van der Waals surface area contributed by atoms with Gasteiger partial charge < -0.3 is 19.9 Å². The molecule has 0 aliphatic heterocycles. The number of anilines is 1. The molecule has 0 bridgehead atoms. The number of hydrogen-bond donors (Lipinski definition) is 2. The fourth-order valence-corrected chi connectivity index (χ4v) is 2.99. The topological polar surface area (TPSA) is 55.3 Å². The molecule has 1 aromatic heterocycles. The third-order valence-corrected chi connectivity index (χ3v) is 4.56. The molecule has 5 heteroatoms. The largest absolute Gasteiger partial charge is 0.495 e. The Hall–Kier alpha value is -3.21. The number of amides is 2. The van der Waals surface area contributed by atoms with Gasteiger partial charge in [-0.15, -0.1) is 0 Å². The van der Waals surface area contributed by atoms with Crippen molar-refractivity contribution in [2.24, 2.45) is 0 Å². The van der Waals surface area contributed by atoms with Crippen molar-refractivity contribution < 1.29 is 9.53 Å². The first-order valence-electron chi connectivity index (χ1n) is 8.95. The highest BCUT2D eigenvalue weighted by molar-refractivity contribution is 5.91. The third-order valence-electron chi connectivity index (χ3n) is 4.56. The Kier molecular flexibility index (Phi) is 5.81. The van der Waals surface area contributed by atoms with Crippen molar-refractivity contribution in [1.29, 1.82) is 0 Å². The van der Waals surface area contributed by atoms with Crippen LogP contribution in [0.15, 0.2) is 60.8 Å². The number of rotatable bonds is 6. The number of hydrogen-bond acceptors (Lipinski definition) is 2. The average Bonchev–Trinajstić information content (AvgIpc) is 3.09. The highest BCUT2D eigenvalue weighted by Crippen LogP contribution is 2.25. The van der Waals surface area contributed by atoms with Crippen molar-refractivity contribution in [3.63, 3.8) is 0 Å². The van der Waals surface area contributed by atoms with Crippen LogP contribution >= 0.6 is 0 Å². The van der Waals surface area contributed by atoms with Gasteiger partial charge in [0.15, 0.2) is 0 Å². The maximum absolute atomic E-state index is 12.3. The molecule has 2 aromatic carbocycles. The number of aromatic nitrogens is 1. The van der Waals surface area contributed by atoms with Crippen LogP contribution in [0, 0.1) is 13.8 Å². The minimum Gasteiger partial charge on any atom is -0.495 e. The SMILES string of the molecule is COc1ccc(C)cc1NC(=O)NCc1cccn1Cc1ccccc1C. The van der Waals surface area contributed by atoms with Gasteiger partial charge >= 0.3 is 6.03 Å². The lowest BCUT2D eigenvalue weighted by Gasteiger charge is -2.14. The van der Waals surface area contributed by atoms with E-state index in [9.17, 15) is 4.79 Å². The molecule has 0 aliphatic rings. The van der Waals surface area contributed by atoms with E-state index in [4.69, 9.17) is 4.74 Å². The average molecular weight is 363 g/mol. The van der Waals surface area contributed by atoms with E-state index in [-0.39, 0.29) is 6.03 Å². The summed E-state index contributed by atoms with van der Waals surface area (Å²) in [5.74, 6) is 0.638. The van der Waals surface area contributed by atoms with Gasteiger partial charge in [0, 0.05) is 18.4 Å². The Morgan fingerprint density at radius 1 is 1.07 bits per heavy atom. The standard InChI is InChI=1S/C22H25N3O2/c1-16-10-11-21(27-3)20(13-16)24-22(26)23-14-19-9-6-12-25(19)15-18-8-5-4-7-17(18)2/h4-13H,14-15H2,1-3H3,(H2,23,24,26). The van der Waals surface area contributed by atoms with Gasteiger partial charge in [-0.25, -0.2) is 4.79 Å². The Morgan fingerprint density at radius 3 is 2.67 bits per heavy atom. The van der Waals surface area contributed by atoms with Gasteiger partial charge in [0.25, 0.3) is 0 Å². The molecule has 0 saturated heterocycles. The van der Waals surface area contributed by atoms with Gasteiger partial charge in [0.05, 0.1) is 19.3 Å². The van der Waals surface area contributed by atoms with E-state index in [2.05, 4.69) is 34.3 Å². The number of benzene rings is 2. The molecule has 2 amide bonds. The predicted molar refractivity (Wildman–Crippen MR) is 108 cm³/mol. The maximum atomic E-state index is 12.3. The first kappa shape index (κ1) is 18.6. The molecule has 0 saturated carbocycles. The van der Waals surface area contributed by atoms with E-state index in [1.165, 1.54) is 11.1 Å². The number of aryl methyl sites for hydroxylation is 2. The summed E-state index contributed by atoms with van der Waals surface area (Å²) in [6, 6.07) is 17.8. The van der Waals surface area contributed by atoms with E-state index < -0.39 is 0 Å².